The van der Waals surface area contributed by atoms with E-state index in [9.17, 15) is 4.79 Å². The van der Waals surface area contributed by atoms with Crippen molar-refractivity contribution >= 4 is 17.4 Å². The second-order valence-corrected chi connectivity index (χ2v) is 3.81. The number of hydrazine groups is 1. The summed E-state index contributed by atoms with van der Waals surface area (Å²) >= 11 is 0. The van der Waals surface area contributed by atoms with Crippen LogP contribution in [0, 0.1) is 13.8 Å². The SMILES string of the molecule is Cc1n[nH]c(C)c1NC(=O)c1cccnc1NN. The van der Waals surface area contributed by atoms with Crippen molar-refractivity contribution in [3.8, 4) is 0 Å². The zero-order valence-electron chi connectivity index (χ0n) is 10.1. The summed E-state index contributed by atoms with van der Waals surface area (Å²) in [5.41, 5.74) is 4.96. The predicted molar refractivity (Wildman–Crippen MR) is 68.1 cm³/mol. The maximum atomic E-state index is 12.1. The summed E-state index contributed by atoms with van der Waals surface area (Å²) in [7, 11) is 0. The number of pyridine rings is 1. The van der Waals surface area contributed by atoms with Crippen molar-refractivity contribution in [2.45, 2.75) is 13.8 Å². The van der Waals surface area contributed by atoms with Crippen LogP contribution in [0.5, 0.6) is 0 Å². The predicted octanol–water partition coefficient (Wildman–Crippen LogP) is 0.959. The van der Waals surface area contributed by atoms with Crippen molar-refractivity contribution in [2.75, 3.05) is 10.7 Å². The van der Waals surface area contributed by atoms with Crippen LogP contribution in [0.15, 0.2) is 18.3 Å². The molecular weight excluding hydrogens is 232 g/mol. The number of aromatic nitrogens is 3. The molecule has 94 valence electrons. The average molecular weight is 246 g/mol. The Bertz CT molecular complexity index is 557. The fourth-order valence-corrected chi connectivity index (χ4v) is 1.62. The third-order valence-corrected chi connectivity index (χ3v) is 2.56. The highest BCUT2D eigenvalue weighted by atomic mass is 16.1. The third-order valence-electron chi connectivity index (χ3n) is 2.56. The molecule has 18 heavy (non-hydrogen) atoms. The molecule has 2 rings (SSSR count). The molecule has 0 fully saturated rings. The van der Waals surface area contributed by atoms with Gasteiger partial charge in [0.1, 0.15) is 0 Å². The summed E-state index contributed by atoms with van der Waals surface area (Å²) in [6, 6.07) is 3.31. The van der Waals surface area contributed by atoms with E-state index in [0.717, 1.165) is 11.4 Å². The van der Waals surface area contributed by atoms with E-state index in [1.807, 2.05) is 13.8 Å². The summed E-state index contributed by atoms with van der Waals surface area (Å²) in [6.45, 7) is 3.64. The zero-order valence-corrected chi connectivity index (χ0v) is 10.1. The van der Waals surface area contributed by atoms with Crippen molar-refractivity contribution in [1.82, 2.24) is 15.2 Å². The van der Waals surface area contributed by atoms with Gasteiger partial charge in [0.15, 0.2) is 5.82 Å². The molecule has 0 aliphatic rings. The largest absolute Gasteiger partial charge is 0.319 e. The number of carbonyl (C=O) groups is 1. The van der Waals surface area contributed by atoms with Gasteiger partial charge in [-0.15, -0.1) is 0 Å². The van der Waals surface area contributed by atoms with E-state index in [1.54, 1.807) is 18.3 Å². The van der Waals surface area contributed by atoms with Gasteiger partial charge in [0, 0.05) is 6.20 Å². The van der Waals surface area contributed by atoms with E-state index in [1.165, 1.54) is 0 Å². The summed E-state index contributed by atoms with van der Waals surface area (Å²) in [4.78, 5) is 16.1. The number of nitrogens with two attached hydrogens (primary N) is 1. The number of H-pyrrole nitrogens is 1. The van der Waals surface area contributed by atoms with Crippen molar-refractivity contribution in [3.63, 3.8) is 0 Å². The van der Waals surface area contributed by atoms with Crippen LogP contribution < -0.4 is 16.6 Å². The van der Waals surface area contributed by atoms with Gasteiger partial charge >= 0.3 is 0 Å². The molecule has 2 aromatic rings. The van der Waals surface area contributed by atoms with Crippen molar-refractivity contribution in [1.29, 1.82) is 0 Å². The summed E-state index contributed by atoms with van der Waals surface area (Å²) in [5.74, 6) is 5.35. The van der Waals surface area contributed by atoms with E-state index < -0.39 is 0 Å². The Morgan fingerprint density at radius 1 is 1.44 bits per heavy atom. The molecule has 0 radical (unpaired) electrons. The topological polar surface area (TPSA) is 109 Å². The second-order valence-electron chi connectivity index (χ2n) is 3.81. The van der Waals surface area contributed by atoms with Crippen LogP contribution in [-0.4, -0.2) is 21.1 Å². The lowest BCUT2D eigenvalue weighted by Gasteiger charge is -2.08. The van der Waals surface area contributed by atoms with Gasteiger partial charge in [-0.2, -0.15) is 5.10 Å². The van der Waals surface area contributed by atoms with Crippen LogP contribution in [0.2, 0.25) is 0 Å². The number of hydrogen-bond donors (Lipinski definition) is 4. The minimum absolute atomic E-state index is 0.288. The first kappa shape index (κ1) is 12.1. The van der Waals surface area contributed by atoms with Crippen molar-refractivity contribution in [3.05, 3.63) is 35.3 Å². The molecule has 0 aromatic carbocycles. The number of rotatable bonds is 3. The van der Waals surface area contributed by atoms with E-state index in [2.05, 4.69) is 25.9 Å². The molecule has 0 aliphatic heterocycles. The third kappa shape index (κ3) is 2.16. The zero-order chi connectivity index (χ0) is 13.1. The Hall–Kier alpha value is -2.41. The van der Waals surface area contributed by atoms with Gasteiger partial charge < -0.3 is 10.7 Å². The van der Waals surface area contributed by atoms with Gasteiger partial charge in [-0.3, -0.25) is 9.89 Å². The smallest absolute Gasteiger partial charge is 0.259 e. The minimum Gasteiger partial charge on any atom is -0.319 e. The number of nitrogen functional groups attached to an aromatic ring is 1. The molecule has 0 saturated carbocycles. The van der Waals surface area contributed by atoms with Gasteiger partial charge in [0.05, 0.1) is 22.6 Å². The van der Waals surface area contributed by atoms with Crippen molar-refractivity contribution < 1.29 is 4.79 Å². The molecule has 2 heterocycles. The molecule has 2 aromatic heterocycles. The molecule has 0 saturated heterocycles. The monoisotopic (exact) mass is 246 g/mol. The van der Waals surface area contributed by atoms with Crippen molar-refractivity contribution in [2.24, 2.45) is 5.84 Å². The number of anilines is 2. The standard InChI is InChI=1S/C11H14N6O/c1-6-9(7(2)17-16-6)14-11(18)8-4-3-5-13-10(8)15-12/h3-5H,12H2,1-2H3,(H,13,15)(H,14,18)(H,16,17). The highest BCUT2D eigenvalue weighted by Crippen LogP contribution is 2.18. The summed E-state index contributed by atoms with van der Waals surface area (Å²) in [6.07, 6.45) is 1.56. The van der Waals surface area contributed by atoms with Crippen LogP contribution in [0.1, 0.15) is 21.7 Å². The molecule has 0 atom stereocenters. The Morgan fingerprint density at radius 3 is 2.83 bits per heavy atom. The van der Waals surface area contributed by atoms with Crippen LogP contribution in [0.25, 0.3) is 0 Å². The maximum absolute atomic E-state index is 12.1. The van der Waals surface area contributed by atoms with Crippen LogP contribution in [0.4, 0.5) is 11.5 Å². The molecule has 0 spiro atoms. The highest BCUT2D eigenvalue weighted by molar-refractivity contribution is 6.07. The van der Waals surface area contributed by atoms with Gasteiger partial charge in [0.25, 0.3) is 5.91 Å². The van der Waals surface area contributed by atoms with E-state index >= 15 is 0 Å². The van der Waals surface area contributed by atoms with Gasteiger partial charge in [0.2, 0.25) is 0 Å². The number of aromatic amines is 1. The summed E-state index contributed by atoms with van der Waals surface area (Å²) < 4.78 is 0. The second kappa shape index (κ2) is 4.84. The minimum atomic E-state index is -0.288. The lowest BCUT2D eigenvalue weighted by Crippen LogP contribution is -2.18. The Morgan fingerprint density at radius 2 is 2.22 bits per heavy atom. The number of hydrogen-bond acceptors (Lipinski definition) is 5. The van der Waals surface area contributed by atoms with Gasteiger partial charge in [-0.1, -0.05) is 0 Å². The molecule has 0 unspecified atom stereocenters. The van der Waals surface area contributed by atoms with Crippen LogP contribution >= 0.6 is 0 Å². The van der Waals surface area contributed by atoms with E-state index in [-0.39, 0.29) is 5.91 Å². The Balaban J connectivity index is 2.28. The molecule has 7 nitrogen and oxygen atoms in total. The first-order valence-electron chi connectivity index (χ1n) is 5.38. The van der Waals surface area contributed by atoms with Gasteiger partial charge in [-0.25, -0.2) is 10.8 Å². The Labute approximate surface area is 104 Å². The maximum Gasteiger partial charge on any atom is 0.259 e. The Kier molecular flexibility index (Phi) is 3.24. The lowest BCUT2D eigenvalue weighted by molar-refractivity contribution is 0.102. The molecule has 5 N–H and O–H groups in total. The molecule has 0 aliphatic carbocycles. The molecule has 7 heteroatoms. The number of amides is 1. The normalized spacial score (nSPS) is 10.2. The molecule has 0 bridgehead atoms. The van der Waals surface area contributed by atoms with E-state index in [4.69, 9.17) is 5.84 Å². The summed E-state index contributed by atoms with van der Waals surface area (Å²) in [5, 5.41) is 9.59. The average Bonchev–Trinajstić information content (AvgIpc) is 2.70. The number of carbonyl (C=O) groups excluding carboxylic acids is 1. The fraction of sp³-hybridized carbons (Fsp3) is 0.182. The molecule has 1 amide bonds. The number of nitrogens with zero attached hydrogens (tertiary/aromatic N) is 2. The van der Waals surface area contributed by atoms with E-state index in [0.29, 0.717) is 17.1 Å². The lowest BCUT2D eigenvalue weighted by atomic mass is 10.2. The molecular formula is C11H14N6O. The number of nitrogens with one attached hydrogen (secondary N) is 3. The fourth-order valence-electron chi connectivity index (χ4n) is 1.62. The number of aryl methyl sites for hydroxylation is 2. The first-order valence-corrected chi connectivity index (χ1v) is 5.38. The van der Waals surface area contributed by atoms with Crippen LogP contribution in [-0.2, 0) is 0 Å². The first-order chi connectivity index (χ1) is 8.63. The highest BCUT2D eigenvalue weighted by Gasteiger charge is 2.15. The quantitative estimate of drug-likeness (QED) is 0.476. The van der Waals surface area contributed by atoms with Gasteiger partial charge in [-0.05, 0) is 26.0 Å². The van der Waals surface area contributed by atoms with Crippen LogP contribution in [0.3, 0.4) is 0 Å².